The lowest BCUT2D eigenvalue weighted by atomic mass is 10.3. The van der Waals surface area contributed by atoms with Crippen LogP contribution in [0.3, 0.4) is 0 Å². The summed E-state index contributed by atoms with van der Waals surface area (Å²) in [6, 6.07) is 0.352. The SMILES string of the molecule is CC.CC1C=CC=CC=N1. The lowest BCUT2D eigenvalue weighted by Gasteiger charge is -1.91. The normalized spacial score (nSPS) is 21.3. The molecule has 0 aromatic rings. The van der Waals surface area contributed by atoms with E-state index < -0.39 is 0 Å². The average Bonchev–Trinajstić information content (AvgIpc) is 2.21. The number of hydrogen-bond donors (Lipinski definition) is 0. The van der Waals surface area contributed by atoms with Gasteiger partial charge in [0.1, 0.15) is 0 Å². The minimum atomic E-state index is 0.352. The molecule has 1 rings (SSSR count). The first-order chi connectivity index (χ1) is 4.89. The van der Waals surface area contributed by atoms with Crippen molar-refractivity contribution in [2.24, 2.45) is 4.99 Å². The Morgan fingerprint density at radius 2 is 1.80 bits per heavy atom. The van der Waals surface area contributed by atoms with Gasteiger partial charge in [-0.1, -0.05) is 32.1 Å². The fourth-order valence-corrected chi connectivity index (χ4v) is 0.574. The van der Waals surface area contributed by atoms with Crippen LogP contribution in [0.5, 0.6) is 0 Å². The summed E-state index contributed by atoms with van der Waals surface area (Å²) in [5.41, 5.74) is 0. The van der Waals surface area contributed by atoms with E-state index in [1.54, 1.807) is 0 Å². The van der Waals surface area contributed by atoms with Crippen LogP contribution in [0.15, 0.2) is 29.3 Å². The zero-order chi connectivity index (χ0) is 7.82. The molecule has 0 bridgehead atoms. The average molecular weight is 137 g/mol. The van der Waals surface area contributed by atoms with Gasteiger partial charge in [0.15, 0.2) is 0 Å². The van der Waals surface area contributed by atoms with Crippen molar-refractivity contribution in [2.45, 2.75) is 26.8 Å². The van der Waals surface area contributed by atoms with Gasteiger partial charge >= 0.3 is 0 Å². The fourth-order valence-electron chi connectivity index (χ4n) is 0.574. The Balaban J connectivity index is 0.000000371. The highest BCUT2D eigenvalue weighted by molar-refractivity contribution is 5.72. The quantitative estimate of drug-likeness (QED) is 0.486. The summed E-state index contributed by atoms with van der Waals surface area (Å²) < 4.78 is 0. The number of allylic oxidation sites excluding steroid dienone is 3. The molecule has 1 heterocycles. The van der Waals surface area contributed by atoms with Gasteiger partial charge in [0.25, 0.3) is 0 Å². The van der Waals surface area contributed by atoms with Crippen LogP contribution in [0.1, 0.15) is 20.8 Å². The Hall–Kier alpha value is -0.850. The largest absolute Gasteiger partial charge is 0.286 e. The summed E-state index contributed by atoms with van der Waals surface area (Å²) in [7, 11) is 0. The molecule has 1 aliphatic rings. The molecule has 56 valence electrons. The van der Waals surface area contributed by atoms with Gasteiger partial charge < -0.3 is 0 Å². The van der Waals surface area contributed by atoms with Gasteiger partial charge in [0, 0.05) is 6.21 Å². The van der Waals surface area contributed by atoms with E-state index in [1.165, 1.54) is 0 Å². The molecule has 0 aromatic heterocycles. The van der Waals surface area contributed by atoms with Gasteiger partial charge in [0.2, 0.25) is 0 Å². The van der Waals surface area contributed by atoms with Crippen molar-refractivity contribution in [3.8, 4) is 0 Å². The summed E-state index contributed by atoms with van der Waals surface area (Å²) in [5.74, 6) is 0. The minimum Gasteiger partial charge on any atom is -0.286 e. The molecule has 0 aromatic carbocycles. The van der Waals surface area contributed by atoms with Crippen LogP contribution in [0.25, 0.3) is 0 Å². The van der Waals surface area contributed by atoms with Gasteiger partial charge in [-0.25, -0.2) is 0 Å². The third-order valence-corrected chi connectivity index (χ3v) is 1.02. The highest BCUT2D eigenvalue weighted by atomic mass is 14.7. The lowest BCUT2D eigenvalue weighted by Crippen LogP contribution is -1.88. The molecule has 0 amide bonds. The van der Waals surface area contributed by atoms with Crippen molar-refractivity contribution in [3.05, 3.63) is 24.3 Å². The molecule has 0 saturated heterocycles. The molecule has 10 heavy (non-hydrogen) atoms. The zero-order valence-electron chi connectivity index (χ0n) is 6.91. The van der Waals surface area contributed by atoms with Crippen LogP contribution in [-0.4, -0.2) is 12.3 Å². The molecule has 0 radical (unpaired) electrons. The maximum atomic E-state index is 4.12. The fraction of sp³-hybridized carbons (Fsp3) is 0.444. The highest BCUT2D eigenvalue weighted by Gasteiger charge is 1.87. The topological polar surface area (TPSA) is 12.4 Å². The zero-order valence-corrected chi connectivity index (χ0v) is 6.91. The number of nitrogens with zero attached hydrogens (tertiary/aromatic N) is 1. The molecule has 1 nitrogen and oxygen atoms in total. The summed E-state index contributed by atoms with van der Waals surface area (Å²) >= 11 is 0. The molecule has 0 spiro atoms. The van der Waals surface area contributed by atoms with Crippen molar-refractivity contribution >= 4 is 6.21 Å². The molecular formula is C9H15N. The first-order valence-corrected chi connectivity index (χ1v) is 3.76. The van der Waals surface area contributed by atoms with Crippen LogP contribution in [0.4, 0.5) is 0 Å². The Morgan fingerprint density at radius 3 is 2.50 bits per heavy atom. The Morgan fingerprint density at radius 1 is 1.10 bits per heavy atom. The molecule has 1 unspecified atom stereocenters. The van der Waals surface area contributed by atoms with Crippen molar-refractivity contribution in [1.82, 2.24) is 0 Å². The molecule has 0 fully saturated rings. The van der Waals surface area contributed by atoms with E-state index in [4.69, 9.17) is 0 Å². The van der Waals surface area contributed by atoms with Gasteiger partial charge in [-0.15, -0.1) is 0 Å². The third-order valence-electron chi connectivity index (χ3n) is 1.02. The van der Waals surface area contributed by atoms with Crippen LogP contribution < -0.4 is 0 Å². The lowest BCUT2D eigenvalue weighted by molar-refractivity contribution is 0.936. The predicted octanol–water partition coefficient (Wildman–Crippen LogP) is 2.60. The number of hydrogen-bond acceptors (Lipinski definition) is 1. The molecule has 0 aliphatic carbocycles. The van der Waals surface area contributed by atoms with Gasteiger partial charge in [-0.05, 0) is 13.0 Å². The summed E-state index contributed by atoms with van der Waals surface area (Å²) in [6.07, 6.45) is 9.80. The van der Waals surface area contributed by atoms with Crippen molar-refractivity contribution in [1.29, 1.82) is 0 Å². The first-order valence-electron chi connectivity index (χ1n) is 3.76. The van der Waals surface area contributed by atoms with Gasteiger partial charge in [-0.2, -0.15) is 0 Å². The van der Waals surface area contributed by atoms with Crippen LogP contribution in [0.2, 0.25) is 0 Å². The molecule has 1 heteroatoms. The van der Waals surface area contributed by atoms with Crippen molar-refractivity contribution < 1.29 is 0 Å². The summed E-state index contributed by atoms with van der Waals surface area (Å²) in [6.45, 7) is 6.06. The third kappa shape index (κ3) is 4.07. The van der Waals surface area contributed by atoms with Crippen molar-refractivity contribution in [2.75, 3.05) is 0 Å². The predicted molar refractivity (Wildman–Crippen MR) is 47.6 cm³/mol. The van der Waals surface area contributed by atoms with Crippen molar-refractivity contribution in [3.63, 3.8) is 0 Å². The van der Waals surface area contributed by atoms with Crippen LogP contribution >= 0.6 is 0 Å². The number of rotatable bonds is 0. The standard InChI is InChI=1S/C7H9N.C2H6/c1-7-5-3-2-4-6-8-7;1-2/h2-7H,1H3;1-2H3. The maximum absolute atomic E-state index is 4.12. The second-order valence-electron chi connectivity index (χ2n) is 1.81. The number of aliphatic imine (C=N–C) groups is 1. The summed E-state index contributed by atoms with van der Waals surface area (Å²) in [5, 5.41) is 0. The Bertz CT molecular complexity index is 127. The van der Waals surface area contributed by atoms with E-state index in [2.05, 4.69) is 18.0 Å². The van der Waals surface area contributed by atoms with E-state index >= 15 is 0 Å². The van der Waals surface area contributed by atoms with E-state index in [0.29, 0.717) is 6.04 Å². The summed E-state index contributed by atoms with van der Waals surface area (Å²) in [4.78, 5) is 4.12. The van der Waals surface area contributed by atoms with Crippen LogP contribution in [0, 0.1) is 0 Å². The second kappa shape index (κ2) is 6.27. The molecule has 1 atom stereocenters. The molecule has 0 saturated carbocycles. The van der Waals surface area contributed by atoms with E-state index in [-0.39, 0.29) is 0 Å². The first kappa shape index (κ1) is 9.15. The van der Waals surface area contributed by atoms with Crippen LogP contribution in [-0.2, 0) is 0 Å². The van der Waals surface area contributed by atoms with E-state index in [0.717, 1.165) is 0 Å². The Kier molecular flexibility index (Phi) is 5.74. The molecular weight excluding hydrogens is 122 g/mol. The maximum Gasteiger partial charge on any atom is 0.0654 e. The minimum absolute atomic E-state index is 0.352. The van der Waals surface area contributed by atoms with E-state index in [1.807, 2.05) is 38.3 Å². The van der Waals surface area contributed by atoms with Gasteiger partial charge in [-0.3, -0.25) is 4.99 Å². The second-order valence-corrected chi connectivity index (χ2v) is 1.81. The molecule has 1 aliphatic heterocycles. The monoisotopic (exact) mass is 137 g/mol. The van der Waals surface area contributed by atoms with Gasteiger partial charge in [0.05, 0.1) is 6.04 Å². The molecule has 0 N–H and O–H groups in total. The Labute approximate surface area is 63.2 Å². The smallest absolute Gasteiger partial charge is 0.0654 e. The highest BCUT2D eigenvalue weighted by Crippen LogP contribution is 1.93. The van der Waals surface area contributed by atoms with E-state index in [9.17, 15) is 0 Å².